The molecule has 0 aliphatic carbocycles. The minimum absolute atomic E-state index is 0.973. The maximum atomic E-state index is 5.94. The Balaban J connectivity index is 2.08. The van der Waals surface area contributed by atoms with E-state index in [1.807, 2.05) is 23.9 Å². The SMILES string of the molecule is Cc1ccc2c(c1)SCc1ccccc1O2. The molecule has 0 atom stereocenters. The maximum absolute atomic E-state index is 5.94. The minimum atomic E-state index is 0.973. The van der Waals surface area contributed by atoms with E-state index in [2.05, 4.69) is 37.3 Å². The van der Waals surface area contributed by atoms with E-state index in [-0.39, 0.29) is 0 Å². The molecule has 1 aliphatic heterocycles. The van der Waals surface area contributed by atoms with Gasteiger partial charge in [-0.2, -0.15) is 0 Å². The number of benzene rings is 2. The summed E-state index contributed by atoms with van der Waals surface area (Å²) in [6.45, 7) is 2.11. The summed E-state index contributed by atoms with van der Waals surface area (Å²) in [5.41, 5.74) is 2.54. The first kappa shape index (κ1) is 9.79. The molecule has 0 bridgehead atoms. The highest BCUT2D eigenvalue weighted by Gasteiger charge is 2.14. The zero-order valence-electron chi connectivity index (χ0n) is 9.07. The summed E-state index contributed by atoms with van der Waals surface area (Å²) in [6.07, 6.45) is 0. The van der Waals surface area contributed by atoms with Gasteiger partial charge in [0.05, 0.1) is 4.90 Å². The molecule has 1 aliphatic rings. The molecule has 2 aromatic rings. The maximum Gasteiger partial charge on any atom is 0.141 e. The van der Waals surface area contributed by atoms with Gasteiger partial charge < -0.3 is 4.74 Å². The van der Waals surface area contributed by atoms with Crippen LogP contribution >= 0.6 is 11.8 Å². The van der Waals surface area contributed by atoms with Crippen molar-refractivity contribution in [1.82, 2.24) is 0 Å². The summed E-state index contributed by atoms with van der Waals surface area (Å²) in [6, 6.07) is 14.6. The highest BCUT2D eigenvalue weighted by Crippen LogP contribution is 2.41. The molecule has 0 radical (unpaired) electrons. The number of hydrogen-bond donors (Lipinski definition) is 0. The number of ether oxygens (including phenoxy) is 1. The predicted molar refractivity (Wildman–Crippen MR) is 67.3 cm³/mol. The van der Waals surface area contributed by atoms with Crippen LogP contribution in [0.3, 0.4) is 0 Å². The van der Waals surface area contributed by atoms with Gasteiger partial charge in [0.1, 0.15) is 11.5 Å². The Morgan fingerprint density at radius 2 is 1.94 bits per heavy atom. The molecule has 2 aromatic carbocycles. The molecule has 1 heterocycles. The summed E-state index contributed by atoms with van der Waals surface area (Å²) in [7, 11) is 0. The molecule has 0 aromatic heterocycles. The molecule has 0 saturated carbocycles. The van der Waals surface area contributed by atoms with Gasteiger partial charge in [0.2, 0.25) is 0 Å². The second-order valence-electron chi connectivity index (χ2n) is 3.95. The Labute approximate surface area is 99.4 Å². The first-order valence-electron chi connectivity index (χ1n) is 5.32. The van der Waals surface area contributed by atoms with Gasteiger partial charge in [0.25, 0.3) is 0 Å². The van der Waals surface area contributed by atoms with E-state index in [0.717, 1.165) is 17.3 Å². The Morgan fingerprint density at radius 1 is 1.06 bits per heavy atom. The molecule has 0 fully saturated rings. The third kappa shape index (κ3) is 1.69. The van der Waals surface area contributed by atoms with Gasteiger partial charge in [-0.05, 0) is 30.7 Å². The van der Waals surface area contributed by atoms with Crippen molar-refractivity contribution in [1.29, 1.82) is 0 Å². The summed E-state index contributed by atoms with van der Waals surface area (Å²) in [5.74, 6) is 2.94. The first-order valence-corrected chi connectivity index (χ1v) is 6.31. The monoisotopic (exact) mass is 228 g/mol. The molecule has 0 saturated heterocycles. The average Bonchev–Trinajstić information content (AvgIpc) is 2.48. The lowest BCUT2D eigenvalue weighted by atomic mass is 10.2. The fourth-order valence-electron chi connectivity index (χ4n) is 1.81. The Kier molecular flexibility index (Phi) is 2.37. The summed E-state index contributed by atoms with van der Waals surface area (Å²) in [5, 5.41) is 0. The van der Waals surface area contributed by atoms with Crippen molar-refractivity contribution < 1.29 is 4.74 Å². The zero-order chi connectivity index (χ0) is 11.0. The molecule has 0 spiro atoms. The van der Waals surface area contributed by atoms with Gasteiger partial charge in [0, 0.05) is 11.3 Å². The van der Waals surface area contributed by atoms with Crippen molar-refractivity contribution in [2.24, 2.45) is 0 Å². The van der Waals surface area contributed by atoms with E-state index in [4.69, 9.17) is 4.74 Å². The van der Waals surface area contributed by atoms with E-state index in [1.165, 1.54) is 16.0 Å². The van der Waals surface area contributed by atoms with Crippen LogP contribution < -0.4 is 4.74 Å². The van der Waals surface area contributed by atoms with Crippen molar-refractivity contribution in [2.45, 2.75) is 17.6 Å². The smallest absolute Gasteiger partial charge is 0.141 e. The van der Waals surface area contributed by atoms with Gasteiger partial charge in [-0.15, -0.1) is 11.8 Å². The average molecular weight is 228 g/mol. The number of rotatable bonds is 0. The third-order valence-corrected chi connectivity index (χ3v) is 3.76. The van der Waals surface area contributed by atoms with E-state index in [9.17, 15) is 0 Å². The highest BCUT2D eigenvalue weighted by molar-refractivity contribution is 7.98. The van der Waals surface area contributed by atoms with Gasteiger partial charge in [-0.1, -0.05) is 24.3 Å². The second-order valence-corrected chi connectivity index (χ2v) is 4.97. The molecular weight excluding hydrogens is 216 g/mol. The quantitative estimate of drug-likeness (QED) is 0.661. The highest BCUT2D eigenvalue weighted by atomic mass is 32.2. The van der Waals surface area contributed by atoms with Crippen molar-refractivity contribution in [3.05, 3.63) is 53.6 Å². The van der Waals surface area contributed by atoms with E-state index in [1.54, 1.807) is 0 Å². The summed E-state index contributed by atoms with van der Waals surface area (Å²) in [4.78, 5) is 1.23. The molecule has 2 heteroatoms. The summed E-state index contributed by atoms with van der Waals surface area (Å²) >= 11 is 1.84. The van der Waals surface area contributed by atoms with Crippen LogP contribution in [0.15, 0.2) is 47.4 Å². The van der Waals surface area contributed by atoms with Crippen LogP contribution in [0, 0.1) is 6.92 Å². The summed E-state index contributed by atoms with van der Waals surface area (Å²) < 4.78 is 5.94. The minimum Gasteiger partial charge on any atom is -0.456 e. The number of aryl methyl sites for hydroxylation is 1. The van der Waals surface area contributed by atoms with Gasteiger partial charge >= 0.3 is 0 Å². The predicted octanol–water partition coefficient (Wildman–Crippen LogP) is 4.39. The lowest BCUT2D eigenvalue weighted by Gasteiger charge is -2.07. The number of hydrogen-bond acceptors (Lipinski definition) is 2. The van der Waals surface area contributed by atoms with Gasteiger partial charge in [-0.3, -0.25) is 0 Å². The Morgan fingerprint density at radius 3 is 2.88 bits per heavy atom. The molecular formula is C14H12OS. The molecule has 3 rings (SSSR count). The van der Waals surface area contributed by atoms with Crippen LogP contribution in [0.1, 0.15) is 11.1 Å². The van der Waals surface area contributed by atoms with Crippen LogP contribution in [-0.2, 0) is 5.75 Å². The van der Waals surface area contributed by atoms with Gasteiger partial charge in [0.15, 0.2) is 0 Å². The fourth-order valence-corrected chi connectivity index (χ4v) is 2.88. The molecule has 0 amide bonds. The molecule has 1 nitrogen and oxygen atoms in total. The van der Waals surface area contributed by atoms with Crippen LogP contribution in [0.2, 0.25) is 0 Å². The zero-order valence-corrected chi connectivity index (χ0v) is 9.88. The van der Waals surface area contributed by atoms with Gasteiger partial charge in [-0.25, -0.2) is 0 Å². The first-order chi connectivity index (χ1) is 7.83. The largest absolute Gasteiger partial charge is 0.456 e. The third-order valence-electron chi connectivity index (χ3n) is 2.67. The number of thioether (sulfide) groups is 1. The van der Waals surface area contributed by atoms with Crippen molar-refractivity contribution >= 4 is 11.8 Å². The van der Waals surface area contributed by atoms with Crippen LogP contribution in [0.5, 0.6) is 11.5 Å². The lowest BCUT2D eigenvalue weighted by molar-refractivity contribution is 0.469. The van der Waals surface area contributed by atoms with Crippen LogP contribution in [0.25, 0.3) is 0 Å². The standard InChI is InChI=1S/C14H12OS/c1-10-6-7-13-14(8-10)16-9-11-4-2-3-5-12(11)15-13/h2-8H,9H2,1H3. The van der Waals surface area contributed by atoms with Crippen molar-refractivity contribution in [3.8, 4) is 11.5 Å². The molecule has 16 heavy (non-hydrogen) atoms. The van der Waals surface area contributed by atoms with Crippen molar-refractivity contribution in [3.63, 3.8) is 0 Å². The molecule has 0 unspecified atom stereocenters. The number of fused-ring (bicyclic) bond motifs is 2. The van der Waals surface area contributed by atoms with Crippen LogP contribution in [0.4, 0.5) is 0 Å². The molecule has 80 valence electrons. The van der Waals surface area contributed by atoms with E-state index < -0.39 is 0 Å². The second kappa shape index (κ2) is 3.87. The normalized spacial score (nSPS) is 13.3. The molecule has 0 N–H and O–H groups in total. The van der Waals surface area contributed by atoms with Crippen LogP contribution in [-0.4, -0.2) is 0 Å². The number of para-hydroxylation sites is 1. The fraction of sp³-hybridized carbons (Fsp3) is 0.143. The Bertz CT molecular complexity index is 534. The van der Waals surface area contributed by atoms with E-state index in [0.29, 0.717) is 0 Å². The van der Waals surface area contributed by atoms with Crippen molar-refractivity contribution in [2.75, 3.05) is 0 Å². The van der Waals surface area contributed by atoms with E-state index >= 15 is 0 Å². The lowest BCUT2D eigenvalue weighted by Crippen LogP contribution is -1.87. The Hall–Kier alpha value is -1.41. The topological polar surface area (TPSA) is 9.23 Å².